The molecule has 0 saturated carbocycles. The van der Waals surface area contributed by atoms with Crippen molar-refractivity contribution in [3.8, 4) is 0 Å². The minimum Gasteiger partial charge on any atom is -0.478 e. The van der Waals surface area contributed by atoms with Gasteiger partial charge in [-0.2, -0.15) is 0 Å². The van der Waals surface area contributed by atoms with Crippen LogP contribution in [0, 0.1) is 0 Å². The molecular weight excluding hydrogens is 220 g/mol. The summed E-state index contributed by atoms with van der Waals surface area (Å²) in [4.78, 5) is 28.8. The van der Waals surface area contributed by atoms with Crippen LogP contribution in [0.2, 0.25) is 0 Å². The molecule has 0 saturated heterocycles. The first kappa shape index (κ1) is 11.1. The van der Waals surface area contributed by atoms with Crippen molar-refractivity contribution in [1.82, 2.24) is 9.97 Å². The van der Waals surface area contributed by atoms with E-state index in [0.29, 0.717) is 12.1 Å². The lowest BCUT2D eigenvalue weighted by molar-refractivity contribution is 0.0696. The fourth-order valence-corrected chi connectivity index (χ4v) is 1.52. The third-order valence-corrected chi connectivity index (χ3v) is 2.24. The summed E-state index contributed by atoms with van der Waals surface area (Å²) in [5.74, 6) is -1.11. The number of aromatic carboxylic acids is 1. The molecule has 5 nitrogen and oxygen atoms in total. The Labute approximate surface area is 96.8 Å². The molecule has 0 spiro atoms. The minimum absolute atomic E-state index is 0.0142. The number of aromatic nitrogens is 2. The van der Waals surface area contributed by atoms with Crippen molar-refractivity contribution in [2.45, 2.75) is 6.42 Å². The molecule has 86 valence electrons. The van der Waals surface area contributed by atoms with Gasteiger partial charge in [0, 0.05) is 30.1 Å². The Kier molecular flexibility index (Phi) is 3.00. The molecule has 0 aromatic carbocycles. The van der Waals surface area contributed by atoms with Gasteiger partial charge in [0.05, 0.1) is 5.56 Å². The maximum absolute atomic E-state index is 11.3. The largest absolute Gasteiger partial charge is 0.478 e. The monoisotopic (exact) mass is 230 g/mol. The van der Waals surface area contributed by atoms with Crippen LogP contribution in [-0.2, 0) is 6.42 Å². The van der Waals surface area contributed by atoms with Crippen LogP contribution in [0.3, 0.4) is 0 Å². The first-order chi connectivity index (χ1) is 8.15. The normalized spacial score (nSPS) is 10.1. The van der Waals surface area contributed by atoms with Crippen molar-refractivity contribution in [2.24, 2.45) is 0 Å². The summed E-state index contributed by atoms with van der Waals surface area (Å²) in [5.41, 5.74) is 0.870. The summed E-state index contributed by atoms with van der Waals surface area (Å²) in [7, 11) is 0. The van der Waals surface area contributed by atoms with Gasteiger partial charge in [-0.25, -0.2) is 4.79 Å². The van der Waals surface area contributed by atoms with Crippen molar-refractivity contribution < 1.29 is 9.90 Å². The topological polar surface area (TPSA) is 83.0 Å². The van der Waals surface area contributed by atoms with Crippen molar-refractivity contribution in [2.75, 3.05) is 0 Å². The van der Waals surface area contributed by atoms with Crippen LogP contribution in [0.1, 0.15) is 21.7 Å². The van der Waals surface area contributed by atoms with Crippen LogP contribution in [-0.4, -0.2) is 21.0 Å². The highest BCUT2D eigenvalue weighted by molar-refractivity contribution is 5.87. The molecule has 2 aromatic heterocycles. The van der Waals surface area contributed by atoms with E-state index >= 15 is 0 Å². The van der Waals surface area contributed by atoms with E-state index in [1.807, 2.05) is 12.1 Å². The Bertz CT molecular complexity index is 590. The average Bonchev–Trinajstić information content (AvgIpc) is 2.29. The zero-order valence-electron chi connectivity index (χ0n) is 8.88. The van der Waals surface area contributed by atoms with Gasteiger partial charge >= 0.3 is 5.97 Å². The number of carbonyl (C=O) groups is 1. The maximum Gasteiger partial charge on any atom is 0.335 e. The van der Waals surface area contributed by atoms with E-state index in [4.69, 9.17) is 5.11 Å². The third kappa shape index (κ3) is 2.78. The van der Waals surface area contributed by atoms with E-state index in [2.05, 4.69) is 9.97 Å². The number of H-pyrrole nitrogens is 1. The second-order valence-electron chi connectivity index (χ2n) is 3.56. The molecular formula is C12H10N2O3. The molecule has 0 radical (unpaired) electrons. The van der Waals surface area contributed by atoms with Gasteiger partial charge in [0.2, 0.25) is 5.56 Å². The highest BCUT2D eigenvalue weighted by Crippen LogP contribution is 2.05. The number of nitrogens with zero attached hydrogens (tertiary/aromatic N) is 1. The number of hydrogen-bond donors (Lipinski definition) is 2. The fourth-order valence-electron chi connectivity index (χ4n) is 1.52. The Morgan fingerprint density at radius 3 is 2.82 bits per heavy atom. The van der Waals surface area contributed by atoms with Crippen LogP contribution in [0.25, 0.3) is 0 Å². The predicted octanol–water partition coefficient (Wildman–Crippen LogP) is 1.06. The molecule has 17 heavy (non-hydrogen) atoms. The first-order valence-corrected chi connectivity index (χ1v) is 5.01. The molecule has 5 heteroatoms. The Morgan fingerprint density at radius 2 is 2.18 bits per heavy atom. The number of pyridine rings is 2. The highest BCUT2D eigenvalue weighted by Gasteiger charge is 2.06. The molecule has 2 N–H and O–H groups in total. The maximum atomic E-state index is 11.3. The Morgan fingerprint density at radius 1 is 1.35 bits per heavy atom. The van der Waals surface area contributed by atoms with Gasteiger partial charge in [-0.05, 0) is 18.2 Å². The zero-order valence-corrected chi connectivity index (χ0v) is 8.88. The summed E-state index contributed by atoms with van der Waals surface area (Å²) in [6.45, 7) is 0. The number of carboxylic acids is 1. The second kappa shape index (κ2) is 4.61. The van der Waals surface area contributed by atoms with Crippen LogP contribution in [0.5, 0.6) is 0 Å². The number of carboxylic acid groups (broad SMARTS) is 1. The van der Waals surface area contributed by atoms with Crippen LogP contribution >= 0.6 is 0 Å². The quantitative estimate of drug-likeness (QED) is 0.825. The summed E-state index contributed by atoms with van der Waals surface area (Å²) in [6, 6.07) is 7.94. The van der Waals surface area contributed by atoms with Crippen LogP contribution in [0.15, 0.2) is 41.3 Å². The lowest BCUT2D eigenvalue weighted by Gasteiger charge is -2.02. The number of nitrogens with one attached hydrogen (secondary N) is 1. The summed E-state index contributed by atoms with van der Waals surface area (Å²) in [5, 5.41) is 8.83. The Hall–Kier alpha value is -2.43. The molecule has 0 aliphatic rings. The lowest BCUT2D eigenvalue weighted by Crippen LogP contribution is -2.12. The molecule has 0 atom stereocenters. The molecule has 0 aliphatic heterocycles. The molecule has 0 unspecified atom stereocenters. The lowest BCUT2D eigenvalue weighted by atomic mass is 10.1. The van der Waals surface area contributed by atoms with E-state index in [-0.39, 0.29) is 5.56 Å². The summed E-state index contributed by atoms with van der Waals surface area (Å²) < 4.78 is 0. The van der Waals surface area contributed by atoms with E-state index in [1.54, 1.807) is 12.3 Å². The minimum atomic E-state index is -1.11. The Balaban J connectivity index is 2.34. The van der Waals surface area contributed by atoms with Crippen LogP contribution in [0.4, 0.5) is 0 Å². The first-order valence-electron chi connectivity index (χ1n) is 5.01. The van der Waals surface area contributed by atoms with Gasteiger partial charge in [-0.1, -0.05) is 6.07 Å². The van der Waals surface area contributed by atoms with Crippen LogP contribution < -0.4 is 5.56 Å². The van der Waals surface area contributed by atoms with Gasteiger partial charge in [-0.3, -0.25) is 9.78 Å². The van der Waals surface area contributed by atoms with Gasteiger partial charge in [0.15, 0.2) is 0 Å². The van der Waals surface area contributed by atoms with E-state index < -0.39 is 11.5 Å². The number of aromatic amines is 1. The second-order valence-corrected chi connectivity index (χ2v) is 3.56. The average molecular weight is 230 g/mol. The molecule has 2 aromatic rings. The van der Waals surface area contributed by atoms with Crippen molar-refractivity contribution >= 4 is 5.97 Å². The molecule has 2 rings (SSSR count). The van der Waals surface area contributed by atoms with Crippen molar-refractivity contribution in [1.29, 1.82) is 0 Å². The van der Waals surface area contributed by atoms with Crippen molar-refractivity contribution in [3.05, 3.63) is 63.8 Å². The van der Waals surface area contributed by atoms with Gasteiger partial charge in [0.1, 0.15) is 0 Å². The highest BCUT2D eigenvalue weighted by atomic mass is 16.4. The fraction of sp³-hybridized carbons (Fsp3) is 0.0833. The number of rotatable bonds is 3. The van der Waals surface area contributed by atoms with Gasteiger partial charge < -0.3 is 10.1 Å². The molecule has 2 heterocycles. The molecule has 0 amide bonds. The van der Waals surface area contributed by atoms with E-state index in [9.17, 15) is 9.59 Å². The van der Waals surface area contributed by atoms with E-state index in [1.165, 1.54) is 6.07 Å². The third-order valence-electron chi connectivity index (χ3n) is 2.24. The molecule has 0 bridgehead atoms. The number of hydrogen-bond acceptors (Lipinski definition) is 3. The standard InChI is InChI=1S/C12H10N2O3/c15-11-6-8(12(16)17)5-10(14-11)7-9-3-1-2-4-13-9/h1-6H,7H2,(H,14,15)(H,16,17). The van der Waals surface area contributed by atoms with E-state index in [0.717, 1.165) is 11.8 Å². The molecule has 0 aliphatic carbocycles. The SMILES string of the molecule is O=C(O)c1cc(Cc2ccccn2)[nH]c(=O)c1. The smallest absolute Gasteiger partial charge is 0.335 e. The molecule has 0 fully saturated rings. The zero-order chi connectivity index (χ0) is 12.3. The summed E-state index contributed by atoms with van der Waals surface area (Å²) >= 11 is 0. The summed E-state index contributed by atoms with van der Waals surface area (Å²) in [6.07, 6.45) is 2.05. The van der Waals surface area contributed by atoms with Gasteiger partial charge in [0.25, 0.3) is 0 Å². The van der Waals surface area contributed by atoms with Crippen molar-refractivity contribution in [3.63, 3.8) is 0 Å². The van der Waals surface area contributed by atoms with Gasteiger partial charge in [-0.15, -0.1) is 0 Å². The predicted molar refractivity (Wildman–Crippen MR) is 61.1 cm³/mol.